The molecule has 1 aliphatic rings. The average molecular weight is 310 g/mol. The summed E-state index contributed by atoms with van der Waals surface area (Å²) < 4.78 is 0. The summed E-state index contributed by atoms with van der Waals surface area (Å²) in [6.45, 7) is 7.83. The van der Waals surface area contributed by atoms with E-state index in [0.29, 0.717) is 5.16 Å². The number of hydrogen-bond acceptors (Lipinski definition) is 4. The maximum atomic E-state index is 12.1. The molecule has 0 saturated heterocycles. The van der Waals surface area contributed by atoms with Crippen LogP contribution in [0.4, 0.5) is 0 Å². The topological polar surface area (TPSA) is 70.7 Å². The maximum absolute atomic E-state index is 12.1. The Labute approximate surface area is 131 Å². The Balaban J connectivity index is 1.85. The van der Waals surface area contributed by atoms with Crippen LogP contribution in [0.25, 0.3) is 0 Å². The third kappa shape index (κ3) is 5.34. The number of carbonyl (C=O) groups excluding carboxylic acids is 1. The zero-order valence-corrected chi connectivity index (χ0v) is 14.2. The van der Waals surface area contributed by atoms with Gasteiger partial charge in [0.05, 0.1) is 5.25 Å². The van der Waals surface area contributed by atoms with Crippen LogP contribution in [0.5, 0.6) is 0 Å². The zero-order valence-electron chi connectivity index (χ0n) is 13.4. The molecule has 1 fully saturated rings. The van der Waals surface area contributed by atoms with Gasteiger partial charge in [0, 0.05) is 12.0 Å². The van der Waals surface area contributed by atoms with Gasteiger partial charge in [-0.1, -0.05) is 37.4 Å². The first-order chi connectivity index (χ1) is 9.83. The third-order valence-corrected chi connectivity index (χ3v) is 4.58. The number of nitrogens with one attached hydrogen (secondary N) is 2. The first-order valence-corrected chi connectivity index (χ1v) is 8.61. The van der Waals surface area contributed by atoms with Crippen LogP contribution in [-0.2, 0) is 11.2 Å². The highest BCUT2D eigenvalue weighted by Crippen LogP contribution is 2.28. The van der Waals surface area contributed by atoms with Crippen molar-refractivity contribution < 1.29 is 4.79 Å². The summed E-state index contributed by atoms with van der Waals surface area (Å²) in [5.41, 5.74) is -0.210. The van der Waals surface area contributed by atoms with Crippen LogP contribution in [-0.4, -0.2) is 31.9 Å². The highest BCUT2D eigenvalue weighted by atomic mass is 32.2. The Hall–Kier alpha value is -1.04. The quantitative estimate of drug-likeness (QED) is 0.820. The molecule has 1 saturated carbocycles. The van der Waals surface area contributed by atoms with E-state index in [0.717, 1.165) is 18.2 Å². The van der Waals surface area contributed by atoms with Crippen molar-refractivity contribution in [3.63, 3.8) is 0 Å². The van der Waals surface area contributed by atoms with Crippen LogP contribution < -0.4 is 5.32 Å². The molecule has 0 radical (unpaired) electrons. The average Bonchev–Trinajstić information content (AvgIpc) is 2.99. The first kappa shape index (κ1) is 16.3. The van der Waals surface area contributed by atoms with Crippen molar-refractivity contribution in [1.82, 2.24) is 20.5 Å². The first-order valence-electron chi connectivity index (χ1n) is 7.73. The molecular weight excluding hydrogens is 284 g/mol. The summed E-state index contributed by atoms with van der Waals surface area (Å²) in [4.78, 5) is 16.6. The van der Waals surface area contributed by atoms with Gasteiger partial charge < -0.3 is 5.32 Å². The third-order valence-electron chi connectivity index (χ3n) is 3.62. The number of H-pyrrole nitrogens is 1. The van der Waals surface area contributed by atoms with Crippen molar-refractivity contribution in [3.8, 4) is 0 Å². The lowest BCUT2D eigenvalue weighted by Gasteiger charge is -2.22. The summed E-state index contributed by atoms with van der Waals surface area (Å²) in [6, 6.07) is 0. The largest absolute Gasteiger partial charge is 0.351 e. The second-order valence-electron chi connectivity index (χ2n) is 6.92. The van der Waals surface area contributed by atoms with Gasteiger partial charge in [-0.15, -0.1) is 5.10 Å². The lowest BCUT2D eigenvalue weighted by Crippen LogP contribution is -2.44. The van der Waals surface area contributed by atoms with Crippen molar-refractivity contribution in [3.05, 3.63) is 5.82 Å². The highest BCUT2D eigenvalue weighted by Gasteiger charge is 2.22. The monoisotopic (exact) mass is 310 g/mol. The fraction of sp³-hybridized carbons (Fsp3) is 0.800. The molecule has 118 valence electrons. The molecule has 21 heavy (non-hydrogen) atoms. The standard InChI is InChI=1S/C15H26N4OS/c1-10(13(20)17-15(2,3)4)21-14-16-12(18-19-14)9-11-7-5-6-8-11/h10-11H,5-9H2,1-4H3,(H,17,20)(H,16,18,19). The van der Waals surface area contributed by atoms with Crippen molar-refractivity contribution in [2.75, 3.05) is 0 Å². The van der Waals surface area contributed by atoms with Crippen LogP contribution in [0, 0.1) is 5.92 Å². The van der Waals surface area contributed by atoms with Crippen molar-refractivity contribution >= 4 is 17.7 Å². The SMILES string of the molecule is CC(Sc1n[nH]c(CC2CCCC2)n1)C(=O)NC(C)(C)C. The molecule has 1 atom stereocenters. The normalized spacial score (nSPS) is 17.9. The molecule has 5 nitrogen and oxygen atoms in total. The second kappa shape index (κ2) is 6.81. The van der Waals surface area contributed by atoms with Gasteiger partial charge in [-0.2, -0.15) is 0 Å². The maximum Gasteiger partial charge on any atom is 0.233 e. The molecule has 1 aliphatic carbocycles. The molecule has 0 bridgehead atoms. The minimum atomic E-state index is -0.210. The molecule has 0 aliphatic heterocycles. The highest BCUT2D eigenvalue weighted by molar-refractivity contribution is 8.00. The number of rotatable bonds is 5. The van der Waals surface area contributed by atoms with Gasteiger partial charge in [0.25, 0.3) is 0 Å². The van der Waals surface area contributed by atoms with E-state index in [2.05, 4.69) is 20.5 Å². The van der Waals surface area contributed by atoms with Gasteiger partial charge >= 0.3 is 0 Å². The van der Waals surface area contributed by atoms with Gasteiger partial charge in [0.15, 0.2) is 0 Å². The summed E-state index contributed by atoms with van der Waals surface area (Å²) >= 11 is 1.41. The zero-order chi connectivity index (χ0) is 15.5. The van der Waals surface area contributed by atoms with Gasteiger partial charge in [0.1, 0.15) is 5.82 Å². The Morgan fingerprint density at radius 1 is 1.43 bits per heavy atom. The molecule has 1 amide bonds. The number of aromatic amines is 1. The molecular formula is C15H26N4OS. The van der Waals surface area contributed by atoms with E-state index in [9.17, 15) is 4.79 Å². The lowest BCUT2D eigenvalue weighted by molar-refractivity contribution is -0.121. The van der Waals surface area contributed by atoms with E-state index >= 15 is 0 Å². The molecule has 2 N–H and O–H groups in total. The van der Waals surface area contributed by atoms with Crippen LogP contribution in [0.1, 0.15) is 59.2 Å². The molecule has 2 rings (SSSR count). The number of nitrogens with zero attached hydrogens (tertiary/aromatic N) is 2. The van der Waals surface area contributed by atoms with E-state index < -0.39 is 0 Å². The number of aromatic nitrogens is 3. The number of amides is 1. The minimum Gasteiger partial charge on any atom is -0.351 e. The van der Waals surface area contributed by atoms with E-state index in [4.69, 9.17) is 0 Å². The fourth-order valence-corrected chi connectivity index (χ4v) is 3.34. The van der Waals surface area contributed by atoms with E-state index in [1.807, 2.05) is 27.7 Å². The Kier molecular flexibility index (Phi) is 5.30. The van der Waals surface area contributed by atoms with Crippen LogP contribution in [0.2, 0.25) is 0 Å². The van der Waals surface area contributed by atoms with Crippen LogP contribution >= 0.6 is 11.8 Å². The Morgan fingerprint density at radius 3 is 2.71 bits per heavy atom. The molecule has 0 aromatic carbocycles. The van der Waals surface area contributed by atoms with Crippen LogP contribution in [0.3, 0.4) is 0 Å². The van der Waals surface area contributed by atoms with Gasteiger partial charge in [-0.3, -0.25) is 9.89 Å². The van der Waals surface area contributed by atoms with Crippen molar-refractivity contribution in [1.29, 1.82) is 0 Å². The molecule has 1 aromatic rings. The summed E-state index contributed by atoms with van der Waals surface area (Å²) in [6.07, 6.45) is 6.26. The number of hydrogen-bond donors (Lipinski definition) is 2. The van der Waals surface area contributed by atoms with Gasteiger partial charge in [0.2, 0.25) is 11.1 Å². The second-order valence-corrected chi connectivity index (χ2v) is 8.23. The molecule has 1 unspecified atom stereocenters. The lowest BCUT2D eigenvalue weighted by atomic mass is 10.0. The van der Waals surface area contributed by atoms with E-state index in [1.165, 1.54) is 37.4 Å². The van der Waals surface area contributed by atoms with Crippen LogP contribution in [0.15, 0.2) is 5.16 Å². The predicted molar refractivity (Wildman–Crippen MR) is 85.3 cm³/mol. The number of carbonyl (C=O) groups is 1. The summed E-state index contributed by atoms with van der Waals surface area (Å²) in [5, 5.41) is 10.7. The molecule has 1 heterocycles. The molecule has 1 aromatic heterocycles. The Bertz CT molecular complexity index is 474. The van der Waals surface area contributed by atoms with Gasteiger partial charge in [-0.05, 0) is 33.6 Å². The minimum absolute atomic E-state index is 0.0228. The number of thioether (sulfide) groups is 1. The van der Waals surface area contributed by atoms with Crippen molar-refractivity contribution in [2.45, 2.75) is 75.7 Å². The van der Waals surface area contributed by atoms with E-state index in [-0.39, 0.29) is 16.7 Å². The van der Waals surface area contributed by atoms with Crippen molar-refractivity contribution in [2.24, 2.45) is 5.92 Å². The smallest absolute Gasteiger partial charge is 0.233 e. The van der Waals surface area contributed by atoms with Gasteiger partial charge in [-0.25, -0.2) is 4.98 Å². The molecule has 0 spiro atoms. The summed E-state index contributed by atoms with van der Waals surface area (Å²) in [7, 11) is 0. The Morgan fingerprint density at radius 2 is 2.10 bits per heavy atom. The van der Waals surface area contributed by atoms with E-state index in [1.54, 1.807) is 0 Å². The summed E-state index contributed by atoms with van der Waals surface area (Å²) in [5.74, 6) is 1.72. The fourth-order valence-electron chi connectivity index (χ4n) is 2.59. The molecule has 6 heteroatoms. The predicted octanol–water partition coefficient (Wildman–Crippen LogP) is 2.93.